The molecule has 2 heterocycles. The summed E-state index contributed by atoms with van der Waals surface area (Å²) in [5, 5.41) is 4.32. The summed E-state index contributed by atoms with van der Waals surface area (Å²) in [7, 11) is 0. The van der Waals surface area contributed by atoms with Crippen LogP contribution in [0, 0.1) is 12.8 Å². The average molecular weight is 394 g/mol. The number of rotatable bonds is 7. The fourth-order valence-electron chi connectivity index (χ4n) is 3.44. The fraction of sp³-hybridized carbons (Fsp3) is 0.632. The highest BCUT2D eigenvalue weighted by Gasteiger charge is 2.19. The summed E-state index contributed by atoms with van der Waals surface area (Å²) in [5.74, 6) is 0.846. The summed E-state index contributed by atoms with van der Waals surface area (Å²) in [6.45, 7) is 6.44. The van der Waals surface area contributed by atoms with Crippen LogP contribution < -0.4 is 10.9 Å². The Hall–Kier alpha value is -1.34. The lowest BCUT2D eigenvalue weighted by Gasteiger charge is -2.11. The molecule has 0 aliphatic heterocycles. The highest BCUT2D eigenvalue weighted by atomic mass is 32.2. The predicted molar refractivity (Wildman–Crippen MR) is 109 cm³/mol. The van der Waals surface area contributed by atoms with Crippen molar-refractivity contribution in [2.75, 3.05) is 5.75 Å². The van der Waals surface area contributed by atoms with Crippen LogP contribution >= 0.6 is 23.1 Å². The summed E-state index contributed by atoms with van der Waals surface area (Å²) in [6, 6.07) is 0.320. The first-order chi connectivity index (χ1) is 12.5. The molecule has 26 heavy (non-hydrogen) atoms. The number of thioether (sulfide) groups is 1. The largest absolute Gasteiger partial charge is 0.353 e. The monoisotopic (exact) mass is 393 g/mol. The first-order valence-corrected chi connectivity index (χ1v) is 11.2. The van der Waals surface area contributed by atoms with E-state index in [1.807, 2.05) is 0 Å². The van der Waals surface area contributed by atoms with Gasteiger partial charge in [-0.25, -0.2) is 4.98 Å². The summed E-state index contributed by atoms with van der Waals surface area (Å²) in [6.07, 6.45) is 6.53. The third-order valence-electron chi connectivity index (χ3n) is 5.15. The quantitative estimate of drug-likeness (QED) is 0.550. The zero-order chi connectivity index (χ0) is 18.7. The predicted octanol–water partition coefficient (Wildman–Crippen LogP) is 4.03. The first-order valence-electron chi connectivity index (χ1n) is 9.42. The third-order valence-corrected chi connectivity index (χ3v) is 7.07. The molecule has 1 fully saturated rings. The van der Waals surface area contributed by atoms with Crippen molar-refractivity contribution in [2.24, 2.45) is 5.92 Å². The van der Waals surface area contributed by atoms with Gasteiger partial charge in [-0.1, -0.05) is 44.9 Å². The molecule has 1 aliphatic rings. The third kappa shape index (κ3) is 4.49. The number of nitrogens with zero attached hydrogens (tertiary/aromatic N) is 1. The van der Waals surface area contributed by atoms with Crippen molar-refractivity contribution in [3.05, 3.63) is 20.8 Å². The molecule has 2 aromatic rings. The van der Waals surface area contributed by atoms with Crippen molar-refractivity contribution >= 4 is 39.2 Å². The molecule has 0 bridgehead atoms. The Balaban J connectivity index is 1.72. The lowest BCUT2D eigenvalue weighted by atomic mass is 9.98. The van der Waals surface area contributed by atoms with Crippen molar-refractivity contribution in [1.82, 2.24) is 15.3 Å². The zero-order valence-electron chi connectivity index (χ0n) is 15.7. The number of hydrogen-bond donors (Lipinski definition) is 2. The summed E-state index contributed by atoms with van der Waals surface area (Å²) < 4.78 is 0. The Kier molecular flexibility index (Phi) is 6.40. The Morgan fingerprint density at radius 2 is 2.15 bits per heavy atom. The number of fused-ring (bicyclic) bond motifs is 1. The maximum Gasteiger partial charge on any atom is 0.260 e. The van der Waals surface area contributed by atoms with Gasteiger partial charge >= 0.3 is 0 Å². The minimum absolute atomic E-state index is 0.0180. The van der Waals surface area contributed by atoms with E-state index in [0.717, 1.165) is 41.5 Å². The van der Waals surface area contributed by atoms with E-state index in [4.69, 9.17) is 0 Å². The molecule has 0 radical (unpaired) electrons. The van der Waals surface area contributed by atoms with Gasteiger partial charge in [-0.05, 0) is 37.7 Å². The number of hydrogen-bond acceptors (Lipinski definition) is 5. The van der Waals surface area contributed by atoms with Gasteiger partial charge in [-0.3, -0.25) is 9.59 Å². The number of nitrogens with one attached hydrogen (secondary N) is 2. The molecule has 0 aromatic carbocycles. The van der Waals surface area contributed by atoms with Crippen LogP contribution in [-0.4, -0.2) is 27.7 Å². The molecular formula is C19H27N3O2S2. The highest BCUT2D eigenvalue weighted by Crippen LogP contribution is 2.30. The minimum atomic E-state index is -0.0867. The van der Waals surface area contributed by atoms with Crippen LogP contribution in [0.3, 0.4) is 0 Å². The van der Waals surface area contributed by atoms with Crippen LogP contribution in [0.4, 0.5) is 0 Å². The SMILES string of the molecule is CC[C@@H](C)Cc1c(C)sc2nc(SCC(=O)NC3CCCC3)[nH]c(=O)c12. The van der Waals surface area contributed by atoms with E-state index < -0.39 is 0 Å². The van der Waals surface area contributed by atoms with Crippen molar-refractivity contribution in [2.45, 2.75) is 70.5 Å². The van der Waals surface area contributed by atoms with Crippen LogP contribution in [0.1, 0.15) is 56.4 Å². The molecule has 142 valence electrons. The van der Waals surface area contributed by atoms with E-state index in [0.29, 0.717) is 17.1 Å². The second-order valence-corrected chi connectivity index (χ2v) is 9.41. The van der Waals surface area contributed by atoms with E-state index in [1.165, 1.54) is 29.5 Å². The van der Waals surface area contributed by atoms with Gasteiger partial charge in [0.1, 0.15) is 4.83 Å². The number of carbonyl (C=O) groups is 1. The molecular weight excluding hydrogens is 366 g/mol. The topological polar surface area (TPSA) is 74.8 Å². The normalized spacial score (nSPS) is 16.3. The second-order valence-electron chi connectivity index (χ2n) is 7.24. The number of amides is 1. The molecule has 2 N–H and O–H groups in total. The van der Waals surface area contributed by atoms with Gasteiger partial charge in [-0.15, -0.1) is 11.3 Å². The molecule has 5 nitrogen and oxygen atoms in total. The van der Waals surface area contributed by atoms with Gasteiger partial charge in [0.05, 0.1) is 11.1 Å². The number of aromatic nitrogens is 2. The fourth-order valence-corrected chi connectivity index (χ4v) is 5.22. The minimum Gasteiger partial charge on any atom is -0.353 e. The van der Waals surface area contributed by atoms with Crippen molar-refractivity contribution < 1.29 is 4.79 Å². The molecule has 0 saturated heterocycles. The molecule has 2 aromatic heterocycles. The average Bonchev–Trinajstić information content (AvgIpc) is 3.21. The van der Waals surface area contributed by atoms with Crippen LogP contribution in [-0.2, 0) is 11.2 Å². The second kappa shape index (κ2) is 8.57. The smallest absolute Gasteiger partial charge is 0.260 e. The van der Waals surface area contributed by atoms with Gasteiger partial charge < -0.3 is 10.3 Å². The maximum absolute atomic E-state index is 12.6. The summed E-state index contributed by atoms with van der Waals surface area (Å²) in [5.41, 5.74) is 1.04. The lowest BCUT2D eigenvalue weighted by Crippen LogP contribution is -2.33. The lowest BCUT2D eigenvalue weighted by molar-refractivity contribution is -0.119. The van der Waals surface area contributed by atoms with E-state index >= 15 is 0 Å². The molecule has 1 amide bonds. The molecule has 0 spiro atoms. The van der Waals surface area contributed by atoms with Gasteiger partial charge in [0.25, 0.3) is 5.56 Å². The highest BCUT2D eigenvalue weighted by molar-refractivity contribution is 7.99. The van der Waals surface area contributed by atoms with Crippen LogP contribution in [0.5, 0.6) is 0 Å². The number of carbonyl (C=O) groups excluding carboxylic acids is 1. The van der Waals surface area contributed by atoms with E-state index in [1.54, 1.807) is 11.3 Å². The Bertz CT molecular complexity index is 837. The Labute approximate surface area is 162 Å². The standard InChI is InChI=1S/C19H27N3O2S2/c1-4-11(2)9-14-12(3)26-18-16(14)17(24)21-19(22-18)25-10-15(23)20-13-7-5-6-8-13/h11,13H,4-10H2,1-3H3,(H,20,23)(H,21,22,24)/t11-/m1/s1. The maximum atomic E-state index is 12.6. The Morgan fingerprint density at radius 3 is 2.85 bits per heavy atom. The number of H-pyrrole nitrogens is 1. The number of thiophene rings is 1. The van der Waals surface area contributed by atoms with Gasteiger partial charge in [0.2, 0.25) is 5.91 Å². The van der Waals surface area contributed by atoms with Crippen molar-refractivity contribution in [1.29, 1.82) is 0 Å². The summed E-state index contributed by atoms with van der Waals surface area (Å²) >= 11 is 2.88. The van der Waals surface area contributed by atoms with E-state index in [-0.39, 0.29) is 17.2 Å². The van der Waals surface area contributed by atoms with Crippen LogP contribution in [0.2, 0.25) is 0 Å². The molecule has 3 rings (SSSR count). The zero-order valence-corrected chi connectivity index (χ0v) is 17.3. The molecule has 7 heteroatoms. The molecule has 0 unspecified atom stereocenters. The summed E-state index contributed by atoms with van der Waals surface area (Å²) in [4.78, 5) is 34.1. The van der Waals surface area contributed by atoms with Crippen molar-refractivity contribution in [3.63, 3.8) is 0 Å². The van der Waals surface area contributed by atoms with Crippen LogP contribution in [0.15, 0.2) is 9.95 Å². The number of aryl methyl sites for hydroxylation is 1. The Morgan fingerprint density at radius 1 is 1.42 bits per heavy atom. The molecule has 1 aliphatic carbocycles. The van der Waals surface area contributed by atoms with Gasteiger partial charge in [-0.2, -0.15) is 0 Å². The van der Waals surface area contributed by atoms with Crippen LogP contribution in [0.25, 0.3) is 10.2 Å². The van der Waals surface area contributed by atoms with E-state index in [9.17, 15) is 9.59 Å². The number of aromatic amines is 1. The molecule has 1 saturated carbocycles. The first kappa shape index (κ1) is 19.4. The van der Waals surface area contributed by atoms with Crippen molar-refractivity contribution in [3.8, 4) is 0 Å². The van der Waals surface area contributed by atoms with Gasteiger partial charge in [0, 0.05) is 10.9 Å². The van der Waals surface area contributed by atoms with E-state index in [2.05, 4.69) is 36.1 Å². The van der Waals surface area contributed by atoms with Gasteiger partial charge in [0.15, 0.2) is 5.16 Å². The molecule has 1 atom stereocenters.